The molecule has 1 saturated heterocycles. The molecule has 0 bridgehead atoms. The van der Waals surface area contributed by atoms with Crippen LogP contribution in [-0.2, 0) is 11.2 Å². The van der Waals surface area contributed by atoms with Gasteiger partial charge < -0.3 is 20.3 Å². The number of fused-ring (bicyclic) bond motifs is 1. The molecule has 2 aromatic carbocycles. The number of amides is 3. The highest BCUT2D eigenvalue weighted by atomic mass is 35.5. The van der Waals surface area contributed by atoms with Crippen molar-refractivity contribution in [2.75, 3.05) is 19.7 Å². The van der Waals surface area contributed by atoms with Crippen LogP contribution in [0.25, 0.3) is 0 Å². The Morgan fingerprint density at radius 2 is 2.06 bits per heavy atom. The first-order chi connectivity index (χ1) is 14.9. The van der Waals surface area contributed by atoms with Gasteiger partial charge in [-0.05, 0) is 31.0 Å². The summed E-state index contributed by atoms with van der Waals surface area (Å²) in [4.78, 5) is 26.4. The van der Waals surface area contributed by atoms with E-state index in [1.165, 1.54) is 11.0 Å². The summed E-state index contributed by atoms with van der Waals surface area (Å²) >= 11 is 5.82. The smallest absolute Gasteiger partial charge is 0.318 e. The Kier molecular flexibility index (Phi) is 6.00. The zero-order valence-electron chi connectivity index (χ0n) is 16.8. The van der Waals surface area contributed by atoms with Gasteiger partial charge in [0.2, 0.25) is 5.91 Å². The van der Waals surface area contributed by atoms with E-state index in [2.05, 4.69) is 10.6 Å². The Labute approximate surface area is 183 Å². The normalized spacial score (nSPS) is 21.5. The maximum atomic E-state index is 15.0. The van der Waals surface area contributed by atoms with Crippen molar-refractivity contribution >= 4 is 23.5 Å². The van der Waals surface area contributed by atoms with Crippen LogP contribution >= 0.6 is 11.6 Å². The van der Waals surface area contributed by atoms with Gasteiger partial charge in [-0.2, -0.15) is 0 Å². The third-order valence-corrected chi connectivity index (χ3v) is 6.16. The SMILES string of the molecule is C[C@@H]1C(=O)NCCN1C(=O)N[C@@H](c1ccc(F)c(Cl)c1F)[C@H]1COc2ccccc2C1. The first-order valence-electron chi connectivity index (χ1n) is 10.1. The monoisotopic (exact) mass is 449 g/mol. The summed E-state index contributed by atoms with van der Waals surface area (Å²) in [5, 5.41) is 4.92. The summed E-state index contributed by atoms with van der Waals surface area (Å²) in [6.07, 6.45) is 0.519. The van der Waals surface area contributed by atoms with Crippen LogP contribution in [0.4, 0.5) is 13.6 Å². The van der Waals surface area contributed by atoms with E-state index in [0.717, 1.165) is 17.4 Å². The standard InChI is InChI=1S/C22H22ClF2N3O3/c1-12-21(29)26-8-9-28(12)22(30)27-20(15-6-7-16(24)18(23)19(15)25)14-10-13-4-2-3-5-17(13)31-11-14/h2-7,12,14,20H,8-11H2,1H3,(H,26,29)(H,27,30)/t12-,14-,20-/m1/s1. The molecule has 0 saturated carbocycles. The molecule has 2 N–H and O–H groups in total. The van der Waals surface area contributed by atoms with Crippen molar-refractivity contribution < 1.29 is 23.1 Å². The lowest BCUT2D eigenvalue weighted by atomic mass is 9.86. The molecular weight excluding hydrogens is 428 g/mol. The first kappa shape index (κ1) is 21.4. The number of piperazine rings is 1. The van der Waals surface area contributed by atoms with Crippen LogP contribution < -0.4 is 15.4 Å². The van der Waals surface area contributed by atoms with Gasteiger partial charge >= 0.3 is 6.03 Å². The number of para-hydroxylation sites is 1. The molecule has 2 heterocycles. The number of carbonyl (C=O) groups is 2. The summed E-state index contributed by atoms with van der Waals surface area (Å²) in [5.41, 5.74) is 0.999. The molecule has 2 aromatic rings. The number of hydrogen-bond donors (Lipinski definition) is 2. The van der Waals surface area contributed by atoms with E-state index in [0.29, 0.717) is 19.5 Å². The predicted octanol–water partition coefficient (Wildman–Crippen LogP) is 3.44. The Morgan fingerprint density at radius 1 is 1.29 bits per heavy atom. The highest BCUT2D eigenvalue weighted by Crippen LogP contribution is 2.36. The second-order valence-electron chi connectivity index (χ2n) is 7.74. The number of carbonyl (C=O) groups excluding carboxylic acids is 2. The van der Waals surface area contributed by atoms with Gasteiger partial charge in [0, 0.05) is 24.6 Å². The zero-order valence-corrected chi connectivity index (χ0v) is 17.6. The van der Waals surface area contributed by atoms with Crippen molar-refractivity contribution in [1.29, 1.82) is 0 Å². The molecule has 6 nitrogen and oxygen atoms in total. The molecule has 0 spiro atoms. The van der Waals surface area contributed by atoms with Gasteiger partial charge in [0.15, 0.2) is 0 Å². The van der Waals surface area contributed by atoms with E-state index < -0.39 is 34.8 Å². The van der Waals surface area contributed by atoms with Crippen molar-refractivity contribution in [2.45, 2.75) is 25.4 Å². The van der Waals surface area contributed by atoms with E-state index in [-0.39, 0.29) is 24.0 Å². The third-order valence-electron chi connectivity index (χ3n) is 5.82. The lowest BCUT2D eigenvalue weighted by Gasteiger charge is -2.37. The van der Waals surface area contributed by atoms with Crippen LogP contribution in [0, 0.1) is 17.6 Å². The summed E-state index contributed by atoms with van der Waals surface area (Å²) in [6, 6.07) is 7.85. The molecule has 0 radical (unpaired) electrons. The molecule has 31 heavy (non-hydrogen) atoms. The van der Waals surface area contributed by atoms with Crippen LogP contribution in [0.15, 0.2) is 36.4 Å². The minimum Gasteiger partial charge on any atom is -0.493 e. The maximum Gasteiger partial charge on any atom is 0.318 e. The van der Waals surface area contributed by atoms with Crippen molar-refractivity contribution in [1.82, 2.24) is 15.5 Å². The number of benzene rings is 2. The van der Waals surface area contributed by atoms with E-state index >= 15 is 0 Å². The fourth-order valence-corrected chi connectivity index (χ4v) is 4.24. The average Bonchev–Trinajstić information content (AvgIpc) is 2.78. The van der Waals surface area contributed by atoms with Gasteiger partial charge in [-0.15, -0.1) is 0 Å². The number of hydrogen-bond acceptors (Lipinski definition) is 3. The van der Waals surface area contributed by atoms with Gasteiger partial charge in [0.1, 0.15) is 28.4 Å². The number of rotatable bonds is 3. The molecule has 1 fully saturated rings. The molecule has 164 valence electrons. The lowest BCUT2D eigenvalue weighted by Crippen LogP contribution is -2.59. The van der Waals surface area contributed by atoms with Crippen LogP contribution in [0.3, 0.4) is 0 Å². The van der Waals surface area contributed by atoms with E-state index in [4.69, 9.17) is 16.3 Å². The highest BCUT2D eigenvalue weighted by molar-refractivity contribution is 6.31. The molecule has 4 rings (SSSR count). The largest absolute Gasteiger partial charge is 0.493 e. The molecule has 0 aliphatic carbocycles. The summed E-state index contributed by atoms with van der Waals surface area (Å²) < 4.78 is 34.6. The Morgan fingerprint density at radius 3 is 2.87 bits per heavy atom. The minimum absolute atomic E-state index is 0.0712. The third kappa shape index (κ3) is 4.17. The number of nitrogens with zero attached hydrogens (tertiary/aromatic N) is 1. The molecular formula is C22H22ClF2N3O3. The van der Waals surface area contributed by atoms with Gasteiger partial charge in [-0.25, -0.2) is 13.6 Å². The van der Waals surface area contributed by atoms with E-state index in [1.54, 1.807) is 6.92 Å². The van der Waals surface area contributed by atoms with E-state index in [1.807, 2.05) is 24.3 Å². The predicted molar refractivity (Wildman–Crippen MR) is 111 cm³/mol. The topological polar surface area (TPSA) is 70.7 Å². The van der Waals surface area contributed by atoms with Crippen LogP contribution in [0.5, 0.6) is 5.75 Å². The maximum absolute atomic E-state index is 15.0. The number of ether oxygens (including phenoxy) is 1. The number of halogens is 3. The Bertz CT molecular complexity index is 1020. The molecule has 3 atom stereocenters. The van der Waals surface area contributed by atoms with Crippen molar-refractivity contribution in [3.63, 3.8) is 0 Å². The van der Waals surface area contributed by atoms with Gasteiger partial charge in [-0.1, -0.05) is 35.9 Å². The van der Waals surface area contributed by atoms with Crippen LogP contribution in [0.2, 0.25) is 5.02 Å². The van der Waals surface area contributed by atoms with Crippen molar-refractivity contribution in [3.8, 4) is 5.75 Å². The molecule has 3 amide bonds. The van der Waals surface area contributed by atoms with E-state index in [9.17, 15) is 18.4 Å². The fourth-order valence-electron chi connectivity index (χ4n) is 4.07. The quantitative estimate of drug-likeness (QED) is 0.705. The number of urea groups is 1. The molecule has 9 heteroatoms. The number of nitrogens with one attached hydrogen (secondary N) is 2. The van der Waals surface area contributed by atoms with Crippen LogP contribution in [-0.4, -0.2) is 42.6 Å². The summed E-state index contributed by atoms with van der Waals surface area (Å²) in [6.45, 7) is 2.50. The van der Waals surface area contributed by atoms with Crippen molar-refractivity contribution in [3.05, 3.63) is 64.2 Å². The second kappa shape index (κ2) is 8.70. The first-order valence-corrected chi connectivity index (χ1v) is 10.4. The zero-order chi connectivity index (χ0) is 22.1. The van der Waals surface area contributed by atoms with Crippen molar-refractivity contribution in [2.24, 2.45) is 5.92 Å². The van der Waals surface area contributed by atoms with Gasteiger partial charge in [0.25, 0.3) is 0 Å². The lowest BCUT2D eigenvalue weighted by molar-refractivity contribution is -0.126. The summed E-state index contributed by atoms with van der Waals surface area (Å²) in [7, 11) is 0. The Balaban J connectivity index is 1.66. The second-order valence-corrected chi connectivity index (χ2v) is 8.11. The van der Waals surface area contributed by atoms with Crippen LogP contribution in [0.1, 0.15) is 24.1 Å². The summed E-state index contributed by atoms with van der Waals surface area (Å²) in [5.74, 6) is -1.65. The molecule has 2 aliphatic heterocycles. The molecule has 2 aliphatic rings. The Hall–Kier alpha value is -2.87. The minimum atomic E-state index is -0.921. The molecule has 0 unspecified atom stereocenters. The molecule has 0 aromatic heterocycles. The average molecular weight is 450 g/mol. The van der Waals surface area contributed by atoms with Gasteiger partial charge in [0.05, 0.1) is 12.6 Å². The van der Waals surface area contributed by atoms with Gasteiger partial charge in [-0.3, -0.25) is 4.79 Å². The highest BCUT2D eigenvalue weighted by Gasteiger charge is 2.36. The fraction of sp³-hybridized carbons (Fsp3) is 0.364.